The molecule has 2 aromatic carbocycles. The summed E-state index contributed by atoms with van der Waals surface area (Å²) < 4.78 is 49.5. The summed E-state index contributed by atoms with van der Waals surface area (Å²) in [6.45, 7) is 7.96. The first-order valence-corrected chi connectivity index (χ1v) is 14.8. The Kier molecular flexibility index (Phi) is 7.37. The number of halogens is 1. The van der Waals surface area contributed by atoms with E-state index in [0.717, 1.165) is 11.1 Å². The molecule has 1 aliphatic rings. The van der Waals surface area contributed by atoms with Crippen molar-refractivity contribution in [3.63, 3.8) is 0 Å². The van der Waals surface area contributed by atoms with Crippen molar-refractivity contribution in [2.45, 2.75) is 44.6 Å². The number of nitrogens with one attached hydrogen (secondary N) is 1. The Bertz CT molecular complexity index is 1770. The minimum Gasteiger partial charge on any atom is -0.444 e. The van der Waals surface area contributed by atoms with Crippen LogP contribution in [-0.4, -0.2) is 54.1 Å². The summed E-state index contributed by atoms with van der Waals surface area (Å²) in [5.41, 5.74) is 3.68. The molecule has 0 aliphatic carbocycles. The van der Waals surface area contributed by atoms with Crippen molar-refractivity contribution in [2.24, 2.45) is 0 Å². The van der Waals surface area contributed by atoms with Crippen LogP contribution in [0.3, 0.4) is 0 Å². The van der Waals surface area contributed by atoms with Gasteiger partial charge >= 0.3 is 6.09 Å². The molecule has 0 radical (unpaired) electrons. The first-order chi connectivity index (χ1) is 19.4. The summed E-state index contributed by atoms with van der Waals surface area (Å²) in [6, 6.07) is 14.6. The number of amides is 1. The van der Waals surface area contributed by atoms with Gasteiger partial charge in [0.2, 0.25) is 0 Å². The van der Waals surface area contributed by atoms with Crippen LogP contribution in [0.4, 0.5) is 14.9 Å². The van der Waals surface area contributed by atoms with Crippen LogP contribution in [0.5, 0.6) is 0 Å². The van der Waals surface area contributed by atoms with Gasteiger partial charge in [-0.15, -0.1) is 0 Å². The van der Waals surface area contributed by atoms with Gasteiger partial charge in [-0.1, -0.05) is 23.8 Å². The topological polar surface area (TPSA) is 93.5 Å². The number of fused-ring (bicyclic) bond motifs is 1. The normalized spacial score (nSPS) is 14.2. The van der Waals surface area contributed by atoms with Crippen molar-refractivity contribution in [1.82, 2.24) is 13.9 Å². The maximum Gasteiger partial charge on any atom is 0.410 e. The number of aryl methyl sites for hydroxylation is 1. The number of carbonyl (C=O) groups excluding carboxylic acids is 1. The highest BCUT2D eigenvalue weighted by Crippen LogP contribution is 2.38. The Hall–Kier alpha value is -4.18. The number of nitrogens with zero attached hydrogens (tertiary/aromatic N) is 3. The van der Waals surface area contributed by atoms with Crippen molar-refractivity contribution >= 4 is 38.4 Å². The molecule has 214 valence electrons. The predicted molar refractivity (Wildman–Crippen MR) is 159 cm³/mol. The highest BCUT2D eigenvalue weighted by molar-refractivity contribution is 7.90. The van der Waals surface area contributed by atoms with Gasteiger partial charge in [0.25, 0.3) is 10.0 Å². The lowest BCUT2D eigenvalue weighted by atomic mass is 10.0. The van der Waals surface area contributed by atoms with E-state index in [4.69, 9.17) is 4.74 Å². The van der Waals surface area contributed by atoms with Crippen molar-refractivity contribution in [3.8, 4) is 11.1 Å². The highest BCUT2D eigenvalue weighted by atomic mass is 32.2. The third kappa shape index (κ3) is 5.56. The third-order valence-electron chi connectivity index (χ3n) is 6.95. The van der Waals surface area contributed by atoms with E-state index < -0.39 is 27.5 Å². The summed E-state index contributed by atoms with van der Waals surface area (Å²) in [6.07, 6.45) is 3.38. The Morgan fingerprint density at radius 1 is 1.05 bits per heavy atom. The predicted octanol–water partition coefficient (Wildman–Crippen LogP) is 6.45. The minimum absolute atomic E-state index is 0.127. The van der Waals surface area contributed by atoms with E-state index in [1.165, 1.54) is 22.3 Å². The number of hydrogen-bond donors (Lipinski definition) is 1. The molecule has 1 N–H and O–H groups in total. The van der Waals surface area contributed by atoms with E-state index in [9.17, 15) is 17.6 Å². The molecule has 1 aliphatic heterocycles. The number of carbonyl (C=O) groups is 1. The summed E-state index contributed by atoms with van der Waals surface area (Å²) in [5.74, 6) is -0.409. The highest BCUT2D eigenvalue weighted by Gasteiger charge is 2.30. The standard InChI is InChI=1S/C31H33FN4O4S/c1-20-6-9-23(10-7-20)41(38,39)36-28(21-13-16-35(17-14-21)30(37)40-31(2,3)4)19-26-24(12-15-34-29(26)36)25-18-22(32)8-11-27(25)33-5/h6-13,15,18-19,33H,14,16-17H2,1-5H3. The van der Waals surface area contributed by atoms with Crippen LogP contribution < -0.4 is 5.32 Å². The number of anilines is 1. The van der Waals surface area contributed by atoms with E-state index in [2.05, 4.69) is 10.3 Å². The van der Waals surface area contributed by atoms with Gasteiger partial charge in [-0.25, -0.2) is 26.6 Å². The number of benzene rings is 2. The molecule has 0 spiro atoms. The van der Waals surface area contributed by atoms with Crippen LogP contribution in [0.15, 0.2) is 71.8 Å². The molecular formula is C31H33FN4O4S. The van der Waals surface area contributed by atoms with Crippen molar-refractivity contribution < 1.29 is 22.3 Å². The fourth-order valence-electron chi connectivity index (χ4n) is 4.94. The SMILES string of the molecule is CNc1ccc(F)cc1-c1ccnc2c1cc(C1=CCN(C(=O)OC(C)(C)C)CC1)n2S(=O)(=O)c1ccc(C)cc1. The maximum absolute atomic E-state index is 14.4. The lowest BCUT2D eigenvalue weighted by molar-refractivity contribution is 0.0270. The molecule has 0 saturated carbocycles. The number of pyridine rings is 1. The Morgan fingerprint density at radius 3 is 2.41 bits per heavy atom. The first kappa shape index (κ1) is 28.4. The number of rotatable bonds is 5. The van der Waals surface area contributed by atoms with Crippen molar-refractivity contribution in [3.05, 3.63) is 83.9 Å². The molecule has 0 saturated heterocycles. The zero-order valence-corrected chi connectivity index (χ0v) is 24.5. The fraction of sp³-hybridized carbons (Fsp3) is 0.290. The second-order valence-corrected chi connectivity index (χ2v) is 12.8. The maximum atomic E-state index is 14.4. The summed E-state index contributed by atoms with van der Waals surface area (Å²) >= 11 is 0. The number of aromatic nitrogens is 2. The van der Waals surface area contributed by atoms with Gasteiger partial charge in [-0.3, -0.25) is 0 Å². The second-order valence-electron chi connectivity index (χ2n) is 11.1. The lowest BCUT2D eigenvalue weighted by Gasteiger charge is -2.29. The Labute approximate surface area is 239 Å². The molecule has 2 aromatic heterocycles. The van der Waals surface area contributed by atoms with Crippen LogP contribution in [0.2, 0.25) is 0 Å². The van der Waals surface area contributed by atoms with E-state index >= 15 is 0 Å². The molecule has 4 aromatic rings. The molecule has 3 heterocycles. The van der Waals surface area contributed by atoms with E-state index in [1.807, 2.05) is 33.8 Å². The van der Waals surface area contributed by atoms with E-state index in [-0.39, 0.29) is 17.1 Å². The van der Waals surface area contributed by atoms with E-state index in [0.29, 0.717) is 40.9 Å². The second kappa shape index (κ2) is 10.7. The minimum atomic E-state index is -4.08. The van der Waals surface area contributed by atoms with Crippen LogP contribution >= 0.6 is 0 Å². The molecule has 0 fully saturated rings. The Balaban J connectivity index is 1.70. The zero-order valence-electron chi connectivity index (χ0n) is 23.7. The van der Waals surface area contributed by atoms with Gasteiger partial charge < -0.3 is 15.0 Å². The van der Waals surface area contributed by atoms with Gasteiger partial charge in [0.05, 0.1) is 10.6 Å². The van der Waals surface area contributed by atoms with Gasteiger partial charge in [-0.2, -0.15) is 0 Å². The first-order valence-electron chi connectivity index (χ1n) is 13.4. The van der Waals surface area contributed by atoms with Gasteiger partial charge in [0.15, 0.2) is 5.65 Å². The molecule has 0 unspecified atom stereocenters. The lowest BCUT2D eigenvalue weighted by Crippen LogP contribution is -2.39. The summed E-state index contributed by atoms with van der Waals surface area (Å²) in [7, 11) is -2.33. The molecule has 10 heteroatoms. The van der Waals surface area contributed by atoms with Gasteiger partial charge in [0, 0.05) is 43.0 Å². The van der Waals surface area contributed by atoms with Crippen molar-refractivity contribution in [2.75, 3.05) is 25.5 Å². The number of ether oxygens (including phenoxy) is 1. The van der Waals surface area contributed by atoms with E-state index in [1.54, 1.807) is 54.4 Å². The molecular weight excluding hydrogens is 543 g/mol. The van der Waals surface area contributed by atoms with Crippen LogP contribution in [-0.2, 0) is 14.8 Å². The smallest absolute Gasteiger partial charge is 0.410 e. The average molecular weight is 577 g/mol. The van der Waals surface area contributed by atoms with Gasteiger partial charge in [0.1, 0.15) is 11.4 Å². The average Bonchev–Trinajstić information content (AvgIpc) is 3.33. The fourth-order valence-corrected chi connectivity index (χ4v) is 6.44. The zero-order chi connectivity index (χ0) is 29.5. The summed E-state index contributed by atoms with van der Waals surface area (Å²) in [4.78, 5) is 18.9. The number of hydrogen-bond acceptors (Lipinski definition) is 6. The molecule has 41 heavy (non-hydrogen) atoms. The molecule has 0 atom stereocenters. The molecule has 0 bridgehead atoms. The van der Waals surface area contributed by atoms with Crippen LogP contribution in [0, 0.1) is 12.7 Å². The quantitative estimate of drug-likeness (QED) is 0.293. The third-order valence-corrected chi connectivity index (χ3v) is 8.67. The molecule has 1 amide bonds. The largest absolute Gasteiger partial charge is 0.444 e. The molecule has 5 rings (SSSR count). The summed E-state index contributed by atoms with van der Waals surface area (Å²) in [5, 5.41) is 3.66. The monoisotopic (exact) mass is 576 g/mol. The van der Waals surface area contributed by atoms with Crippen molar-refractivity contribution in [1.29, 1.82) is 0 Å². The molecule has 8 nitrogen and oxygen atoms in total. The van der Waals surface area contributed by atoms with Crippen LogP contribution in [0.25, 0.3) is 27.7 Å². The Morgan fingerprint density at radius 2 is 1.78 bits per heavy atom. The van der Waals surface area contributed by atoms with Gasteiger partial charge in [-0.05, 0) is 87.7 Å². The van der Waals surface area contributed by atoms with Crippen LogP contribution in [0.1, 0.15) is 38.4 Å².